The Hall–Kier alpha value is -8.00. The van der Waals surface area contributed by atoms with Crippen molar-refractivity contribution < 1.29 is 0 Å². The van der Waals surface area contributed by atoms with Crippen molar-refractivity contribution in [2.45, 2.75) is 6.92 Å². The zero-order chi connectivity index (χ0) is 41.4. The maximum absolute atomic E-state index is 2.39. The van der Waals surface area contributed by atoms with Crippen molar-refractivity contribution in [3.05, 3.63) is 259 Å². The quantitative estimate of drug-likeness (QED) is 0.135. The molecule has 0 bridgehead atoms. The molecule has 0 aliphatic heterocycles. The second-order valence-corrected chi connectivity index (χ2v) is 16.2. The van der Waals surface area contributed by atoms with Crippen LogP contribution in [0.3, 0.4) is 0 Å². The molecular weight excluding hydrogens is 747 g/mol. The first-order chi connectivity index (χ1) is 30.6. The number of aromatic nitrogens is 1. The second kappa shape index (κ2) is 15.9. The molecule has 0 fully saturated rings. The van der Waals surface area contributed by atoms with E-state index in [1.54, 1.807) is 0 Å². The van der Waals surface area contributed by atoms with Gasteiger partial charge in [-0.15, -0.1) is 0 Å². The fraction of sp³-hybridized carbons (Fsp3) is 0.0164. The molecule has 292 valence electrons. The predicted octanol–water partition coefficient (Wildman–Crippen LogP) is 16.6. The smallest absolute Gasteiger partial charge is 0.0541 e. The SMILES string of the molecule is C/C(=C(\c1ccc(-c2ccccc2)cc1)c1ccc2ccccc2c1)c1ccc(-c2cccc(-c3ccc4c(c3)c3ccccc3n4-c3ccc(-c4ccccc4)cc3)c2)cc1. The van der Waals surface area contributed by atoms with Crippen LogP contribution < -0.4 is 0 Å². The third-order valence-corrected chi connectivity index (χ3v) is 12.4. The molecular formula is C61H43N. The Morgan fingerprint density at radius 1 is 0.290 bits per heavy atom. The first-order valence-corrected chi connectivity index (χ1v) is 21.4. The molecule has 10 aromatic carbocycles. The molecule has 0 atom stereocenters. The Labute approximate surface area is 363 Å². The lowest BCUT2D eigenvalue weighted by molar-refractivity contribution is 1.18. The van der Waals surface area contributed by atoms with Crippen molar-refractivity contribution in [2.24, 2.45) is 0 Å². The number of benzene rings is 10. The van der Waals surface area contributed by atoms with Crippen LogP contribution in [0.25, 0.3) is 93.9 Å². The number of nitrogens with zero attached hydrogens (tertiary/aromatic N) is 1. The summed E-state index contributed by atoms with van der Waals surface area (Å²) in [5.74, 6) is 0. The van der Waals surface area contributed by atoms with Gasteiger partial charge in [0.25, 0.3) is 0 Å². The van der Waals surface area contributed by atoms with Gasteiger partial charge in [0.15, 0.2) is 0 Å². The first kappa shape index (κ1) is 37.0. The third-order valence-electron chi connectivity index (χ3n) is 12.4. The van der Waals surface area contributed by atoms with Gasteiger partial charge in [-0.1, -0.05) is 200 Å². The molecule has 1 heteroatoms. The second-order valence-electron chi connectivity index (χ2n) is 16.2. The average Bonchev–Trinajstić information content (AvgIpc) is 3.68. The van der Waals surface area contributed by atoms with E-state index in [1.807, 2.05) is 0 Å². The molecule has 1 nitrogen and oxygen atoms in total. The minimum atomic E-state index is 1.16. The molecule has 0 saturated carbocycles. The van der Waals surface area contributed by atoms with Gasteiger partial charge in [0, 0.05) is 16.5 Å². The van der Waals surface area contributed by atoms with Gasteiger partial charge < -0.3 is 4.57 Å². The Morgan fingerprint density at radius 3 is 1.45 bits per heavy atom. The lowest BCUT2D eigenvalue weighted by atomic mass is 9.88. The first-order valence-electron chi connectivity index (χ1n) is 21.4. The Morgan fingerprint density at radius 2 is 0.758 bits per heavy atom. The molecule has 1 aromatic heterocycles. The summed E-state index contributed by atoms with van der Waals surface area (Å²) in [6, 6.07) is 88.3. The number of hydrogen-bond donors (Lipinski definition) is 0. The van der Waals surface area contributed by atoms with Gasteiger partial charge in [-0.2, -0.15) is 0 Å². The summed E-state index contributed by atoms with van der Waals surface area (Å²) in [4.78, 5) is 0. The van der Waals surface area contributed by atoms with E-state index < -0.39 is 0 Å². The van der Waals surface area contributed by atoms with Crippen molar-refractivity contribution in [2.75, 3.05) is 0 Å². The summed E-state index contributed by atoms with van der Waals surface area (Å²) >= 11 is 0. The topological polar surface area (TPSA) is 4.93 Å². The van der Waals surface area contributed by atoms with E-state index in [9.17, 15) is 0 Å². The largest absolute Gasteiger partial charge is 0.309 e. The van der Waals surface area contributed by atoms with E-state index in [4.69, 9.17) is 0 Å². The van der Waals surface area contributed by atoms with Crippen LogP contribution in [-0.2, 0) is 0 Å². The summed E-state index contributed by atoms with van der Waals surface area (Å²) in [5.41, 5.74) is 19.4. The van der Waals surface area contributed by atoms with Crippen LogP contribution in [0.4, 0.5) is 0 Å². The van der Waals surface area contributed by atoms with Gasteiger partial charge in [0.05, 0.1) is 11.0 Å². The van der Waals surface area contributed by atoms with Crippen LogP contribution in [0.1, 0.15) is 23.6 Å². The van der Waals surface area contributed by atoms with E-state index in [-0.39, 0.29) is 0 Å². The van der Waals surface area contributed by atoms with Crippen molar-refractivity contribution in [3.63, 3.8) is 0 Å². The summed E-state index contributed by atoms with van der Waals surface area (Å²) in [6.45, 7) is 2.26. The highest BCUT2D eigenvalue weighted by molar-refractivity contribution is 6.10. The lowest BCUT2D eigenvalue weighted by Crippen LogP contribution is -1.94. The molecule has 0 aliphatic carbocycles. The number of para-hydroxylation sites is 1. The molecule has 1 heterocycles. The standard InChI is InChI=1S/C61H43N/c1-42(61(55-32-29-46-17-8-9-18-51(46)40-55)50-30-27-47(28-31-50)44-13-4-2-5-14-44)43-23-25-49(26-24-43)52-19-12-20-53(39-52)54-35-38-60-58(41-54)57-21-10-11-22-59(57)62(60)56-36-33-48(34-37-56)45-15-6-3-7-16-45/h2-41H,1H3/b61-42-. The van der Waals surface area contributed by atoms with Crippen LogP contribution in [0.5, 0.6) is 0 Å². The van der Waals surface area contributed by atoms with Crippen molar-refractivity contribution in [1.29, 1.82) is 0 Å². The Balaban J connectivity index is 0.932. The molecule has 0 radical (unpaired) electrons. The normalized spacial score (nSPS) is 11.9. The number of hydrogen-bond acceptors (Lipinski definition) is 0. The summed E-state index contributed by atoms with van der Waals surface area (Å²) < 4.78 is 2.39. The Kier molecular flexibility index (Phi) is 9.48. The maximum atomic E-state index is 2.39. The van der Waals surface area contributed by atoms with Gasteiger partial charge in [0.2, 0.25) is 0 Å². The van der Waals surface area contributed by atoms with E-state index in [0.29, 0.717) is 0 Å². The Bertz CT molecular complexity index is 3410. The van der Waals surface area contributed by atoms with Crippen LogP contribution in [-0.4, -0.2) is 4.57 Å². The molecule has 11 rings (SSSR count). The average molecular weight is 790 g/mol. The summed E-state index contributed by atoms with van der Waals surface area (Å²) in [6.07, 6.45) is 0. The molecule has 0 saturated heterocycles. The highest BCUT2D eigenvalue weighted by Crippen LogP contribution is 2.38. The molecule has 0 spiro atoms. The monoisotopic (exact) mass is 789 g/mol. The molecule has 0 aliphatic rings. The van der Waals surface area contributed by atoms with E-state index >= 15 is 0 Å². The van der Waals surface area contributed by atoms with Crippen molar-refractivity contribution in [1.82, 2.24) is 4.57 Å². The minimum absolute atomic E-state index is 1.16. The van der Waals surface area contributed by atoms with Gasteiger partial charge in [0.1, 0.15) is 0 Å². The highest BCUT2D eigenvalue weighted by atomic mass is 15.0. The zero-order valence-electron chi connectivity index (χ0n) is 34.5. The van der Waals surface area contributed by atoms with Gasteiger partial charge in [-0.25, -0.2) is 0 Å². The van der Waals surface area contributed by atoms with Crippen LogP contribution in [0, 0.1) is 0 Å². The fourth-order valence-electron chi connectivity index (χ4n) is 9.20. The van der Waals surface area contributed by atoms with Crippen LogP contribution in [0.15, 0.2) is 243 Å². The van der Waals surface area contributed by atoms with Crippen LogP contribution in [0.2, 0.25) is 0 Å². The molecule has 11 aromatic rings. The van der Waals surface area contributed by atoms with E-state index in [0.717, 1.165) is 5.69 Å². The number of allylic oxidation sites excluding steroid dienone is 1. The predicted molar refractivity (Wildman–Crippen MR) is 265 cm³/mol. The third kappa shape index (κ3) is 6.90. The molecule has 0 N–H and O–H groups in total. The zero-order valence-corrected chi connectivity index (χ0v) is 34.5. The molecule has 0 unspecified atom stereocenters. The number of rotatable bonds is 8. The maximum Gasteiger partial charge on any atom is 0.0541 e. The fourth-order valence-corrected chi connectivity index (χ4v) is 9.20. The summed E-state index contributed by atoms with van der Waals surface area (Å²) in [5, 5.41) is 4.99. The molecule has 0 amide bonds. The van der Waals surface area contributed by atoms with Gasteiger partial charge in [-0.3, -0.25) is 0 Å². The molecule has 62 heavy (non-hydrogen) atoms. The minimum Gasteiger partial charge on any atom is -0.309 e. The van der Waals surface area contributed by atoms with Gasteiger partial charge in [-0.05, 0) is 133 Å². The van der Waals surface area contributed by atoms with Crippen molar-refractivity contribution in [3.8, 4) is 50.2 Å². The van der Waals surface area contributed by atoms with E-state index in [2.05, 4.69) is 254 Å². The number of fused-ring (bicyclic) bond motifs is 4. The van der Waals surface area contributed by atoms with Gasteiger partial charge >= 0.3 is 0 Å². The van der Waals surface area contributed by atoms with Crippen LogP contribution >= 0.6 is 0 Å². The van der Waals surface area contributed by atoms with Crippen molar-refractivity contribution >= 4 is 43.7 Å². The highest BCUT2D eigenvalue weighted by Gasteiger charge is 2.16. The lowest BCUT2D eigenvalue weighted by Gasteiger charge is -2.16. The summed E-state index contributed by atoms with van der Waals surface area (Å²) in [7, 11) is 0. The van der Waals surface area contributed by atoms with E-state index in [1.165, 1.54) is 105 Å².